The van der Waals surface area contributed by atoms with Gasteiger partial charge in [-0.25, -0.2) is 10.2 Å². The third-order valence-electron chi connectivity index (χ3n) is 4.94. The van der Waals surface area contributed by atoms with Gasteiger partial charge in [-0.2, -0.15) is 5.10 Å². The predicted octanol–water partition coefficient (Wildman–Crippen LogP) is 7.45. The third-order valence-corrected chi connectivity index (χ3v) is 5.99. The molecular formula is C28H18Cl4N2O5. The molecule has 0 heterocycles. The van der Waals surface area contributed by atoms with Gasteiger partial charge in [0.15, 0.2) is 0 Å². The van der Waals surface area contributed by atoms with Crippen LogP contribution in [0.5, 0.6) is 17.2 Å². The number of carbonyl (C=O) groups is 2. The summed E-state index contributed by atoms with van der Waals surface area (Å²) in [6, 6.07) is 23.8. The number of ether oxygens (including phenoxy) is 3. The van der Waals surface area contributed by atoms with Crippen LogP contribution in [0, 0.1) is 0 Å². The highest BCUT2D eigenvalue weighted by Crippen LogP contribution is 2.24. The van der Waals surface area contributed by atoms with Crippen molar-refractivity contribution in [3.63, 3.8) is 0 Å². The minimum absolute atomic E-state index is 0.166. The maximum Gasteiger partial charge on any atom is 0.345 e. The van der Waals surface area contributed by atoms with E-state index in [9.17, 15) is 9.59 Å². The van der Waals surface area contributed by atoms with Crippen LogP contribution in [-0.2, 0) is 4.79 Å². The van der Waals surface area contributed by atoms with Crippen molar-refractivity contribution in [2.75, 3.05) is 0 Å². The molecule has 198 valence electrons. The third kappa shape index (κ3) is 8.37. The van der Waals surface area contributed by atoms with Crippen LogP contribution in [0.1, 0.15) is 15.9 Å². The second-order valence-corrected chi connectivity index (χ2v) is 9.51. The van der Waals surface area contributed by atoms with Crippen LogP contribution in [0.3, 0.4) is 0 Å². The Morgan fingerprint density at radius 2 is 1.31 bits per heavy atom. The molecule has 7 nitrogen and oxygen atoms in total. The Bertz CT molecular complexity index is 1450. The SMILES string of the molecule is O=C(Oc1cccc(/C=N/NC(=O)C(Oc2ccc(Cl)cc2)Oc2ccc(Cl)cc2)c1)c1ccc(Cl)cc1Cl. The van der Waals surface area contributed by atoms with Crippen LogP contribution in [0.15, 0.2) is 96.1 Å². The van der Waals surface area contributed by atoms with Gasteiger partial charge in [0.25, 0.3) is 0 Å². The molecule has 0 radical (unpaired) electrons. The Morgan fingerprint density at radius 1 is 0.718 bits per heavy atom. The highest BCUT2D eigenvalue weighted by Gasteiger charge is 2.23. The smallest absolute Gasteiger partial charge is 0.345 e. The summed E-state index contributed by atoms with van der Waals surface area (Å²) < 4.78 is 16.8. The Morgan fingerprint density at radius 3 is 1.90 bits per heavy atom. The summed E-state index contributed by atoms with van der Waals surface area (Å²) in [7, 11) is 0. The second-order valence-electron chi connectivity index (χ2n) is 7.80. The molecule has 0 fully saturated rings. The maximum absolute atomic E-state index is 12.9. The molecule has 0 spiro atoms. The molecule has 1 N–H and O–H groups in total. The summed E-state index contributed by atoms with van der Waals surface area (Å²) in [5.41, 5.74) is 3.09. The zero-order chi connectivity index (χ0) is 27.8. The van der Waals surface area contributed by atoms with Gasteiger partial charge in [0.1, 0.15) is 17.2 Å². The van der Waals surface area contributed by atoms with Crippen molar-refractivity contribution in [3.8, 4) is 17.2 Å². The van der Waals surface area contributed by atoms with Crippen LogP contribution in [-0.4, -0.2) is 24.4 Å². The number of nitrogens with one attached hydrogen (secondary N) is 1. The Balaban J connectivity index is 1.42. The van der Waals surface area contributed by atoms with Gasteiger partial charge >= 0.3 is 18.2 Å². The van der Waals surface area contributed by atoms with Crippen LogP contribution in [0.25, 0.3) is 0 Å². The summed E-state index contributed by atoms with van der Waals surface area (Å²) in [6.07, 6.45) is -0.0208. The van der Waals surface area contributed by atoms with Crippen LogP contribution in [0.4, 0.5) is 0 Å². The molecule has 1 amide bonds. The molecular weight excluding hydrogens is 586 g/mol. The van der Waals surface area contributed by atoms with Crippen LogP contribution < -0.4 is 19.6 Å². The summed E-state index contributed by atoms with van der Waals surface area (Å²) in [5, 5.41) is 5.56. The molecule has 11 heteroatoms. The van der Waals surface area contributed by atoms with Crippen molar-refractivity contribution in [3.05, 3.63) is 122 Å². The number of halogens is 4. The first kappa shape index (κ1) is 28.3. The van der Waals surface area contributed by atoms with Crippen molar-refractivity contribution in [2.24, 2.45) is 5.10 Å². The number of benzene rings is 4. The lowest BCUT2D eigenvalue weighted by molar-refractivity contribution is -0.140. The van der Waals surface area contributed by atoms with E-state index >= 15 is 0 Å². The average molecular weight is 604 g/mol. The molecule has 4 aromatic carbocycles. The lowest BCUT2D eigenvalue weighted by Gasteiger charge is -2.19. The monoisotopic (exact) mass is 602 g/mol. The van der Waals surface area contributed by atoms with Gasteiger partial charge in [0.05, 0.1) is 16.8 Å². The van der Waals surface area contributed by atoms with Gasteiger partial charge in [-0.1, -0.05) is 58.5 Å². The first-order chi connectivity index (χ1) is 18.8. The van der Waals surface area contributed by atoms with Gasteiger partial charge in [0.2, 0.25) is 0 Å². The number of amides is 1. The number of carbonyl (C=O) groups excluding carboxylic acids is 2. The lowest BCUT2D eigenvalue weighted by Crippen LogP contribution is -2.40. The van der Waals surface area contributed by atoms with Crippen molar-refractivity contribution in [1.29, 1.82) is 0 Å². The molecule has 0 bridgehead atoms. The highest BCUT2D eigenvalue weighted by atomic mass is 35.5. The molecule has 0 aliphatic rings. The predicted molar refractivity (Wildman–Crippen MR) is 152 cm³/mol. The number of esters is 1. The topological polar surface area (TPSA) is 86.2 Å². The molecule has 0 aliphatic carbocycles. The van der Waals surface area contributed by atoms with E-state index in [0.717, 1.165) is 0 Å². The van der Waals surface area contributed by atoms with Crippen molar-refractivity contribution in [2.45, 2.75) is 6.29 Å². The molecule has 0 aliphatic heterocycles. The number of hydrogen-bond acceptors (Lipinski definition) is 6. The molecule has 0 unspecified atom stereocenters. The Hall–Kier alpha value is -3.75. The molecule has 39 heavy (non-hydrogen) atoms. The lowest BCUT2D eigenvalue weighted by atomic mass is 10.2. The first-order valence-corrected chi connectivity index (χ1v) is 12.7. The van der Waals surface area contributed by atoms with Gasteiger partial charge in [0, 0.05) is 15.1 Å². The summed E-state index contributed by atoms with van der Waals surface area (Å²) in [4.78, 5) is 25.4. The number of rotatable bonds is 9. The summed E-state index contributed by atoms with van der Waals surface area (Å²) in [5.74, 6) is -0.381. The minimum Gasteiger partial charge on any atom is -0.446 e. The zero-order valence-corrected chi connectivity index (χ0v) is 22.8. The maximum atomic E-state index is 12.9. The minimum atomic E-state index is -1.39. The molecule has 0 atom stereocenters. The molecule has 0 saturated heterocycles. The second kappa shape index (κ2) is 13.4. The fourth-order valence-electron chi connectivity index (χ4n) is 3.10. The fourth-order valence-corrected chi connectivity index (χ4v) is 3.84. The number of nitrogens with zero attached hydrogens (tertiary/aromatic N) is 1. The molecule has 0 saturated carbocycles. The molecule has 4 aromatic rings. The fraction of sp³-hybridized carbons (Fsp3) is 0.0357. The van der Waals surface area contributed by atoms with Gasteiger partial charge in [-0.15, -0.1) is 0 Å². The Labute approximate surface area is 243 Å². The van der Waals surface area contributed by atoms with Crippen molar-refractivity contribution < 1.29 is 23.8 Å². The van der Waals surface area contributed by atoms with E-state index in [1.165, 1.54) is 24.4 Å². The summed E-state index contributed by atoms with van der Waals surface area (Å²) in [6.45, 7) is 0. The normalized spacial score (nSPS) is 10.9. The van der Waals surface area contributed by atoms with E-state index in [4.69, 9.17) is 60.6 Å². The highest BCUT2D eigenvalue weighted by molar-refractivity contribution is 6.36. The van der Waals surface area contributed by atoms with Gasteiger partial charge in [-0.3, -0.25) is 4.79 Å². The van der Waals surface area contributed by atoms with Gasteiger partial charge in [-0.05, 0) is 84.4 Å². The van der Waals surface area contributed by atoms with Crippen LogP contribution in [0.2, 0.25) is 20.1 Å². The van der Waals surface area contributed by atoms with Crippen molar-refractivity contribution in [1.82, 2.24) is 5.43 Å². The molecule has 4 rings (SSSR count). The zero-order valence-electron chi connectivity index (χ0n) is 19.8. The van der Waals surface area contributed by atoms with Crippen molar-refractivity contribution >= 4 is 64.5 Å². The van der Waals surface area contributed by atoms with Gasteiger partial charge < -0.3 is 14.2 Å². The first-order valence-electron chi connectivity index (χ1n) is 11.2. The number of hydrazone groups is 1. The van der Waals surface area contributed by atoms with E-state index in [1.54, 1.807) is 72.8 Å². The summed E-state index contributed by atoms with van der Waals surface area (Å²) >= 11 is 23.8. The van der Waals surface area contributed by atoms with E-state index in [1.807, 2.05) is 0 Å². The largest absolute Gasteiger partial charge is 0.446 e. The Kier molecular flexibility index (Phi) is 9.68. The van der Waals surface area contributed by atoms with E-state index < -0.39 is 18.2 Å². The van der Waals surface area contributed by atoms with E-state index in [0.29, 0.717) is 32.1 Å². The van der Waals surface area contributed by atoms with Crippen LogP contribution >= 0.6 is 46.4 Å². The van der Waals surface area contributed by atoms with E-state index in [2.05, 4.69) is 10.5 Å². The average Bonchev–Trinajstić information content (AvgIpc) is 2.91. The number of hydrogen-bond donors (Lipinski definition) is 1. The molecule has 0 aromatic heterocycles. The standard InChI is InChI=1S/C28H18Cl4N2O5/c29-18-4-9-21(10-5-18)38-28(39-22-11-6-19(30)7-12-22)26(35)34-33-16-17-2-1-3-23(14-17)37-27(36)24-13-8-20(31)15-25(24)32/h1-16,28H,(H,34,35)/b33-16+. The quantitative estimate of drug-likeness (QED) is 0.0706. The van der Waals surface area contributed by atoms with E-state index in [-0.39, 0.29) is 16.3 Å².